The van der Waals surface area contributed by atoms with Crippen molar-refractivity contribution in [2.24, 2.45) is 0 Å². The summed E-state index contributed by atoms with van der Waals surface area (Å²) in [4.78, 5) is 9.17. The van der Waals surface area contributed by atoms with Crippen LogP contribution in [0.2, 0.25) is 0 Å². The Labute approximate surface area is 132 Å². The van der Waals surface area contributed by atoms with Crippen LogP contribution in [0.1, 0.15) is 11.3 Å². The fourth-order valence-corrected chi connectivity index (χ4v) is 2.52. The van der Waals surface area contributed by atoms with Crippen molar-refractivity contribution in [2.75, 3.05) is 26.6 Å². The van der Waals surface area contributed by atoms with E-state index >= 15 is 0 Å². The maximum absolute atomic E-state index is 5.24. The first kappa shape index (κ1) is 15.9. The zero-order chi connectivity index (χ0) is 15.2. The molecule has 2 aromatic rings. The molecule has 0 bridgehead atoms. The van der Waals surface area contributed by atoms with Gasteiger partial charge in [-0.25, -0.2) is 9.97 Å². The van der Waals surface area contributed by atoms with Gasteiger partial charge in [0.1, 0.15) is 5.82 Å². The lowest BCUT2D eigenvalue weighted by atomic mass is 10.1. The van der Waals surface area contributed by atoms with E-state index in [1.54, 1.807) is 14.2 Å². The van der Waals surface area contributed by atoms with E-state index in [4.69, 9.17) is 9.47 Å². The summed E-state index contributed by atoms with van der Waals surface area (Å²) in [6.07, 6.45) is 0. The van der Waals surface area contributed by atoms with E-state index in [1.807, 2.05) is 31.3 Å². The quantitative estimate of drug-likeness (QED) is 0.865. The third-order valence-electron chi connectivity index (χ3n) is 3.00. The molecule has 0 spiro atoms. The summed E-state index contributed by atoms with van der Waals surface area (Å²) < 4.78 is 11.3. The molecule has 0 saturated heterocycles. The van der Waals surface area contributed by atoms with Gasteiger partial charge in [0.15, 0.2) is 5.82 Å². The highest BCUT2D eigenvalue weighted by molar-refractivity contribution is 9.10. The van der Waals surface area contributed by atoms with Crippen LogP contribution in [0.25, 0.3) is 11.4 Å². The number of nitrogens with zero attached hydrogens (tertiary/aromatic N) is 2. The Morgan fingerprint density at radius 3 is 2.48 bits per heavy atom. The SMILES string of the molecule is CNc1nc(-c2ccccc2COC)nc(COC)c1Br. The normalized spacial score (nSPS) is 10.7. The number of ether oxygens (including phenoxy) is 2. The maximum Gasteiger partial charge on any atom is 0.162 e. The Hall–Kier alpha value is -1.50. The Morgan fingerprint density at radius 1 is 1.10 bits per heavy atom. The number of methoxy groups -OCH3 is 2. The van der Waals surface area contributed by atoms with Crippen LogP contribution in [0, 0.1) is 0 Å². The van der Waals surface area contributed by atoms with Crippen LogP contribution in [0.15, 0.2) is 28.7 Å². The molecule has 0 amide bonds. The van der Waals surface area contributed by atoms with Crippen molar-refractivity contribution in [1.29, 1.82) is 0 Å². The fourth-order valence-electron chi connectivity index (χ4n) is 2.03. The standard InChI is InChI=1S/C15H18BrN3O2/c1-17-15-13(16)12(9-21-3)18-14(19-15)11-7-5-4-6-10(11)8-20-2/h4-7H,8-9H2,1-3H3,(H,17,18,19). The number of aromatic nitrogens is 2. The molecular formula is C15H18BrN3O2. The molecule has 112 valence electrons. The van der Waals surface area contributed by atoms with E-state index in [0.29, 0.717) is 19.0 Å². The summed E-state index contributed by atoms with van der Waals surface area (Å²) in [5, 5.41) is 3.07. The summed E-state index contributed by atoms with van der Waals surface area (Å²) in [6, 6.07) is 7.95. The fraction of sp³-hybridized carbons (Fsp3) is 0.333. The summed E-state index contributed by atoms with van der Waals surface area (Å²) in [6.45, 7) is 0.932. The van der Waals surface area contributed by atoms with Gasteiger partial charge >= 0.3 is 0 Å². The number of hydrogen-bond donors (Lipinski definition) is 1. The van der Waals surface area contributed by atoms with Gasteiger partial charge in [-0.15, -0.1) is 0 Å². The van der Waals surface area contributed by atoms with Crippen LogP contribution in [0.4, 0.5) is 5.82 Å². The van der Waals surface area contributed by atoms with Gasteiger partial charge in [-0.3, -0.25) is 0 Å². The Balaban J connectivity index is 2.55. The van der Waals surface area contributed by atoms with Gasteiger partial charge in [0.05, 0.1) is 23.4 Å². The first-order valence-corrected chi connectivity index (χ1v) is 7.30. The lowest BCUT2D eigenvalue weighted by Crippen LogP contribution is -2.05. The van der Waals surface area contributed by atoms with E-state index < -0.39 is 0 Å². The summed E-state index contributed by atoms with van der Waals surface area (Å²) in [7, 11) is 5.15. The molecule has 0 fully saturated rings. The van der Waals surface area contributed by atoms with Gasteiger partial charge in [0, 0.05) is 26.8 Å². The summed E-state index contributed by atoms with van der Waals surface area (Å²) >= 11 is 3.51. The highest BCUT2D eigenvalue weighted by Crippen LogP contribution is 2.29. The molecule has 0 aliphatic carbocycles. The van der Waals surface area contributed by atoms with Crippen LogP contribution in [0.3, 0.4) is 0 Å². The second-order valence-corrected chi connectivity index (χ2v) is 5.22. The minimum atomic E-state index is 0.414. The minimum absolute atomic E-state index is 0.414. The van der Waals surface area contributed by atoms with Gasteiger partial charge in [-0.2, -0.15) is 0 Å². The van der Waals surface area contributed by atoms with Crippen LogP contribution < -0.4 is 5.32 Å². The van der Waals surface area contributed by atoms with E-state index in [1.165, 1.54) is 0 Å². The van der Waals surface area contributed by atoms with E-state index in [0.717, 1.165) is 27.1 Å². The molecule has 0 atom stereocenters. The molecule has 1 N–H and O–H groups in total. The Bertz CT molecular complexity index is 620. The highest BCUT2D eigenvalue weighted by Gasteiger charge is 2.14. The molecule has 6 heteroatoms. The van der Waals surface area contributed by atoms with Crippen molar-refractivity contribution in [2.45, 2.75) is 13.2 Å². The number of rotatable bonds is 6. The zero-order valence-corrected chi connectivity index (χ0v) is 13.9. The smallest absolute Gasteiger partial charge is 0.162 e. The van der Waals surface area contributed by atoms with Gasteiger partial charge in [0.25, 0.3) is 0 Å². The zero-order valence-electron chi connectivity index (χ0n) is 12.3. The molecule has 1 aromatic heterocycles. The second-order valence-electron chi connectivity index (χ2n) is 4.43. The minimum Gasteiger partial charge on any atom is -0.380 e. The molecule has 0 aliphatic rings. The lowest BCUT2D eigenvalue weighted by molar-refractivity contribution is 0.181. The number of benzene rings is 1. The van der Waals surface area contributed by atoms with E-state index in [-0.39, 0.29) is 0 Å². The molecule has 1 heterocycles. The maximum atomic E-state index is 5.24. The summed E-state index contributed by atoms with van der Waals surface area (Å²) in [5.41, 5.74) is 2.81. The first-order valence-electron chi connectivity index (χ1n) is 6.51. The summed E-state index contributed by atoms with van der Waals surface area (Å²) in [5.74, 6) is 1.39. The molecule has 5 nitrogen and oxygen atoms in total. The van der Waals surface area contributed by atoms with Crippen LogP contribution in [0.5, 0.6) is 0 Å². The Morgan fingerprint density at radius 2 is 1.81 bits per heavy atom. The number of halogens is 1. The van der Waals surface area contributed by atoms with Crippen molar-refractivity contribution in [3.63, 3.8) is 0 Å². The van der Waals surface area contributed by atoms with Crippen LogP contribution in [-0.4, -0.2) is 31.2 Å². The number of hydrogen-bond acceptors (Lipinski definition) is 5. The molecule has 0 aliphatic heterocycles. The van der Waals surface area contributed by atoms with Crippen LogP contribution >= 0.6 is 15.9 Å². The van der Waals surface area contributed by atoms with Crippen molar-refractivity contribution in [1.82, 2.24) is 9.97 Å². The predicted molar refractivity (Wildman–Crippen MR) is 86.1 cm³/mol. The lowest BCUT2D eigenvalue weighted by Gasteiger charge is -2.13. The van der Waals surface area contributed by atoms with Gasteiger partial charge < -0.3 is 14.8 Å². The number of nitrogens with one attached hydrogen (secondary N) is 1. The predicted octanol–water partition coefficient (Wildman–Crippen LogP) is 3.24. The third kappa shape index (κ3) is 3.58. The Kier molecular flexibility index (Phi) is 5.67. The van der Waals surface area contributed by atoms with Crippen molar-refractivity contribution < 1.29 is 9.47 Å². The molecule has 2 rings (SSSR count). The average molecular weight is 352 g/mol. The first-order chi connectivity index (χ1) is 10.2. The van der Waals surface area contributed by atoms with E-state index in [9.17, 15) is 0 Å². The molecule has 0 saturated carbocycles. The molecule has 21 heavy (non-hydrogen) atoms. The third-order valence-corrected chi connectivity index (χ3v) is 3.83. The largest absolute Gasteiger partial charge is 0.380 e. The number of anilines is 1. The molecule has 1 aromatic carbocycles. The van der Waals surface area contributed by atoms with E-state index in [2.05, 4.69) is 31.2 Å². The van der Waals surface area contributed by atoms with Crippen molar-refractivity contribution in [3.05, 3.63) is 40.0 Å². The van der Waals surface area contributed by atoms with Crippen molar-refractivity contribution in [3.8, 4) is 11.4 Å². The van der Waals surface area contributed by atoms with Gasteiger partial charge in [0.2, 0.25) is 0 Å². The monoisotopic (exact) mass is 351 g/mol. The topological polar surface area (TPSA) is 56.3 Å². The molecule has 0 unspecified atom stereocenters. The second kappa shape index (κ2) is 7.49. The van der Waals surface area contributed by atoms with Gasteiger partial charge in [-0.05, 0) is 21.5 Å². The molecule has 0 radical (unpaired) electrons. The highest BCUT2D eigenvalue weighted by atomic mass is 79.9. The van der Waals surface area contributed by atoms with Crippen molar-refractivity contribution >= 4 is 21.7 Å². The van der Waals surface area contributed by atoms with Gasteiger partial charge in [-0.1, -0.05) is 24.3 Å². The molecular weight excluding hydrogens is 334 g/mol. The van der Waals surface area contributed by atoms with Crippen LogP contribution in [-0.2, 0) is 22.7 Å². The average Bonchev–Trinajstić information content (AvgIpc) is 2.50.